The number of anilines is 1. The molecule has 1 unspecified atom stereocenters. The highest BCUT2D eigenvalue weighted by molar-refractivity contribution is 7.91. The molecule has 1 aromatic carbocycles. The van der Waals surface area contributed by atoms with Gasteiger partial charge in [0.1, 0.15) is 11.8 Å². The van der Waals surface area contributed by atoms with Crippen LogP contribution in [0, 0.1) is 0 Å². The number of nitrogens with zero attached hydrogens (tertiary/aromatic N) is 2. The quantitative estimate of drug-likeness (QED) is 0.473. The van der Waals surface area contributed by atoms with Crippen molar-refractivity contribution < 1.29 is 35.9 Å². The first-order valence-corrected chi connectivity index (χ1v) is 14.0. The first kappa shape index (κ1) is 29.1. The van der Waals surface area contributed by atoms with Gasteiger partial charge in [0.05, 0.1) is 35.8 Å². The molecule has 0 bridgehead atoms. The normalized spacial score (nSPS) is 19.4. The van der Waals surface area contributed by atoms with Gasteiger partial charge in [0.2, 0.25) is 0 Å². The van der Waals surface area contributed by atoms with Crippen LogP contribution in [0.3, 0.4) is 0 Å². The van der Waals surface area contributed by atoms with Gasteiger partial charge >= 0.3 is 6.18 Å². The number of carbonyl (C=O) groups is 1. The molecular weight excluding hydrogens is 537 g/mol. The lowest BCUT2D eigenvalue weighted by molar-refractivity contribution is -0.138. The van der Waals surface area contributed by atoms with Crippen molar-refractivity contribution in [2.75, 3.05) is 31.8 Å². The molecular formula is C23H30ClF3N4O5S. The average molecular weight is 567 g/mol. The molecule has 0 aliphatic carbocycles. The molecule has 37 heavy (non-hydrogen) atoms. The average Bonchev–Trinajstić information content (AvgIpc) is 3.17. The zero-order chi connectivity index (χ0) is 27.5. The summed E-state index contributed by atoms with van der Waals surface area (Å²) in [5.74, 6) is -0.289. The Labute approximate surface area is 218 Å². The number of hydrogen-bond donors (Lipinski definition) is 2. The second-order valence-electron chi connectivity index (χ2n) is 8.84. The Morgan fingerprint density at radius 1 is 1.35 bits per heavy atom. The highest BCUT2D eigenvalue weighted by Gasteiger charge is 2.36. The van der Waals surface area contributed by atoms with Gasteiger partial charge in [-0.05, 0) is 38.8 Å². The molecule has 3 atom stereocenters. The number of ether oxygens (including phenoxy) is 2. The van der Waals surface area contributed by atoms with Crippen LogP contribution in [0.1, 0.15) is 37.2 Å². The number of aromatic nitrogens is 2. The number of nitrogens with one attached hydrogen (secondary N) is 2. The number of methoxy groups -OCH3 is 1. The summed E-state index contributed by atoms with van der Waals surface area (Å²) < 4.78 is 74.7. The van der Waals surface area contributed by atoms with Crippen molar-refractivity contribution in [2.24, 2.45) is 0 Å². The van der Waals surface area contributed by atoms with E-state index in [1.807, 2.05) is 0 Å². The first-order valence-electron chi connectivity index (χ1n) is 11.6. The van der Waals surface area contributed by atoms with Crippen LogP contribution in [0.4, 0.5) is 18.9 Å². The van der Waals surface area contributed by atoms with E-state index in [-0.39, 0.29) is 41.4 Å². The molecule has 1 aliphatic heterocycles. The molecule has 0 saturated carbocycles. The van der Waals surface area contributed by atoms with Crippen molar-refractivity contribution in [1.82, 2.24) is 15.1 Å². The topological polar surface area (TPSA) is 112 Å². The van der Waals surface area contributed by atoms with Gasteiger partial charge < -0.3 is 20.1 Å². The third kappa shape index (κ3) is 6.88. The Hall–Kier alpha value is -2.51. The lowest BCUT2D eigenvalue weighted by Crippen LogP contribution is -2.41. The molecule has 1 aliphatic rings. The minimum absolute atomic E-state index is 0.0294. The van der Waals surface area contributed by atoms with E-state index in [1.54, 1.807) is 13.0 Å². The minimum Gasteiger partial charge on any atom is -0.496 e. The molecule has 3 rings (SSSR count). The van der Waals surface area contributed by atoms with E-state index in [1.165, 1.54) is 30.2 Å². The van der Waals surface area contributed by atoms with Gasteiger partial charge in [-0.2, -0.15) is 18.3 Å². The summed E-state index contributed by atoms with van der Waals surface area (Å²) in [6.45, 7) is 3.39. The third-order valence-corrected chi connectivity index (χ3v) is 8.11. The van der Waals surface area contributed by atoms with Crippen molar-refractivity contribution in [3.63, 3.8) is 0 Å². The van der Waals surface area contributed by atoms with Crippen molar-refractivity contribution in [3.05, 3.63) is 28.9 Å². The Morgan fingerprint density at radius 3 is 2.59 bits per heavy atom. The Balaban J connectivity index is 1.78. The molecule has 1 amide bonds. The van der Waals surface area contributed by atoms with Crippen molar-refractivity contribution in [3.8, 4) is 17.0 Å². The molecule has 206 valence electrons. The number of benzene rings is 1. The second kappa shape index (κ2) is 11.5. The molecule has 14 heteroatoms. The Morgan fingerprint density at radius 2 is 2.05 bits per heavy atom. The van der Waals surface area contributed by atoms with Gasteiger partial charge in [-0.3, -0.25) is 9.48 Å². The van der Waals surface area contributed by atoms with Crippen molar-refractivity contribution in [2.45, 2.75) is 56.8 Å². The van der Waals surface area contributed by atoms with E-state index in [0.29, 0.717) is 30.6 Å². The van der Waals surface area contributed by atoms with E-state index in [2.05, 4.69) is 15.7 Å². The lowest BCUT2D eigenvalue weighted by Gasteiger charge is -2.28. The van der Waals surface area contributed by atoms with Crippen LogP contribution >= 0.6 is 11.6 Å². The number of rotatable bonds is 9. The standard InChI is InChI=1S/C23H30ClF3N4O5S/c1-5-31-21(17-9-6-14(10-18(17)35-3)29-13(2)23(25,26)27)19(24)20(30-31)22(32)28-11-15-7-8-16(12-36-15)37(4,33)34/h6,9-10,13,15-16,29H,5,7-8,11-12H2,1-4H3,(H,28,32)/t13?,15-,16-/m0/s1. The van der Waals surface area contributed by atoms with Crippen LogP contribution < -0.4 is 15.4 Å². The molecule has 0 spiro atoms. The van der Waals surface area contributed by atoms with Crippen LogP contribution in [0.25, 0.3) is 11.3 Å². The predicted octanol–water partition coefficient (Wildman–Crippen LogP) is 3.92. The van der Waals surface area contributed by atoms with Gasteiger partial charge in [-0.15, -0.1) is 0 Å². The Bertz CT molecular complexity index is 1230. The molecule has 1 aromatic heterocycles. The predicted molar refractivity (Wildman–Crippen MR) is 134 cm³/mol. The summed E-state index contributed by atoms with van der Waals surface area (Å²) >= 11 is 6.58. The van der Waals surface area contributed by atoms with E-state index in [0.717, 1.165) is 6.92 Å². The van der Waals surface area contributed by atoms with Crippen LogP contribution in [-0.2, 0) is 21.1 Å². The second-order valence-corrected chi connectivity index (χ2v) is 11.5. The zero-order valence-electron chi connectivity index (χ0n) is 20.9. The van der Waals surface area contributed by atoms with Gasteiger partial charge in [0.15, 0.2) is 15.5 Å². The number of carbonyl (C=O) groups excluding carboxylic acids is 1. The fourth-order valence-corrected chi connectivity index (χ4v) is 5.16. The monoisotopic (exact) mass is 566 g/mol. The minimum atomic E-state index is -4.42. The van der Waals surface area contributed by atoms with Crippen LogP contribution in [0.15, 0.2) is 18.2 Å². The van der Waals surface area contributed by atoms with E-state index < -0.39 is 33.2 Å². The Kier molecular flexibility index (Phi) is 9.01. The molecule has 2 aromatic rings. The molecule has 9 nitrogen and oxygen atoms in total. The maximum atomic E-state index is 12.9. The number of aryl methyl sites for hydroxylation is 1. The molecule has 2 N–H and O–H groups in total. The summed E-state index contributed by atoms with van der Waals surface area (Å²) in [5, 5.41) is 8.95. The largest absolute Gasteiger partial charge is 0.496 e. The first-order chi connectivity index (χ1) is 17.3. The van der Waals surface area contributed by atoms with Gasteiger partial charge in [-0.1, -0.05) is 11.6 Å². The number of halogens is 4. The number of sulfone groups is 1. The number of hydrogen-bond acceptors (Lipinski definition) is 7. The summed E-state index contributed by atoms with van der Waals surface area (Å²) in [6.07, 6.45) is -2.66. The maximum absolute atomic E-state index is 12.9. The van der Waals surface area contributed by atoms with E-state index in [9.17, 15) is 26.4 Å². The van der Waals surface area contributed by atoms with E-state index in [4.69, 9.17) is 21.1 Å². The fraction of sp³-hybridized carbons (Fsp3) is 0.565. The summed E-state index contributed by atoms with van der Waals surface area (Å²) in [5.41, 5.74) is 1.01. The fourth-order valence-electron chi connectivity index (χ4n) is 3.95. The summed E-state index contributed by atoms with van der Waals surface area (Å²) in [7, 11) is -1.81. The molecule has 0 radical (unpaired) electrons. The highest BCUT2D eigenvalue weighted by atomic mass is 35.5. The lowest BCUT2D eigenvalue weighted by atomic mass is 10.1. The van der Waals surface area contributed by atoms with Crippen molar-refractivity contribution in [1.29, 1.82) is 0 Å². The smallest absolute Gasteiger partial charge is 0.408 e. The third-order valence-electron chi connectivity index (χ3n) is 6.16. The van der Waals surface area contributed by atoms with Crippen molar-refractivity contribution >= 4 is 33.0 Å². The molecule has 1 saturated heterocycles. The van der Waals surface area contributed by atoms with Crippen LogP contribution in [-0.4, -0.2) is 74.2 Å². The number of alkyl halides is 3. The number of amides is 1. The van der Waals surface area contributed by atoms with Gasteiger partial charge in [0, 0.05) is 36.7 Å². The summed E-state index contributed by atoms with van der Waals surface area (Å²) in [4.78, 5) is 12.9. The highest BCUT2D eigenvalue weighted by Crippen LogP contribution is 2.39. The van der Waals surface area contributed by atoms with Crippen LogP contribution in [0.5, 0.6) is 5.75 Å². The SMILES string of the molecule is CCn1nc(C(=O)NC[C@@H]2CC[C@H](S(C)(=O)=O)CO2)c(Cl)c1-c1ccc(NC(C)C(F)(F)F)cc1OC. The molecule has 1 fully saturated rings. The van der Waals surface area contributed by atoms with E-state index >= 15 is 0 Å². The summed E-state index contributed by atoms with van der Waals surface area (Å²) in [6, 6.07) is 2.67. The van der Waals surface area contributed by atoms with Gasteiger partial charge in [-0.25, -0.2) is 8.42 Å². The molecule has 2 heterocycles. The van der Waals surface area contributed by atoms with Gasteiger partial charge in [0.25, 0.3) is 5.91 Å². The maximum Gasteiger partial charge on any atom is 0.408 e. The zero-order valence-corrected chi connectivity index (χ0v) is 22.4. The van der Waals surface area contributed by atoms with Crippen LogP contribution in [0.2, 0.25) is 5.02 Å².